The Morgan fingerprint density at radius 2 is 1.72 bits per heavy atom. The fourth-order valence-electron chi connectivity index (χ4n) is 2.66. The molecule has 0 unspecified atom stereocenters. The van der Waals surface area contributed by atoms with Crippen molar-refractivity contribution in [3.63, 3.8) is 0 Å². The van der Waals surface area contributed by atoms with Crippen molar-refractivity contribution in [2.75, 3.05) is 13.2 Å². The third kappa shape index (κ3) is 8.36. The van der Waals surface area contributed by atoms with Gasteiger partial charge >= 0.3 is 6.18 Å². The lowest BCUT2D eigenvalue weighted by molar-refractivity contribution is -0.153. The summed E-state index contributed by atoms with van der Waals surface area (Å²) in [4.78, 5) is 8.46. The molecule has 0 atom stereocenters. The number of halogens is 4. The van der Waals surface area contributed by atoms with E-state index >= 15 is 0 Å². The zero-order chi connectivity index (χ0) is 22.1. The lowest BCUT2D eigenvalue weighted by Gasteiger charge is -2.12. The molecule has 0 aliphatic heterocycles. The minimum absolute atomic E-state index is 0. The van der Waals surface area contributed by atoms with Crippen molar-refractivity contribution in [3.05, 3.63) is 72.3 Å². The summed E-state index contributed by atoms with van der Waals surface area (Å²) in [6.07, 6.45) is -1.23. The summed E-state index contributed by atoms with van der Waals surface area (Å²) in [6, 6.07) is 14.3. The number of rotatable bonds is 8. The molecule has 3 aromatic rings. The first kappa shape index (κ1) is 25.4. The molecule has 2 aromatic carbocycles. The van der Waals surface area contributed by atoms with Crippen LogP contribution in [0, 0.1) is 0 Å². The van der Waals surface area contributed by atoms with E-state index in [1.807, 2.05) is 31.2 Å². The van der Waals surface area contributed by atoms with Crippen LogP contribution >= 0.6 is 24.0 Å². The number of aliphatic imine (C=N–C) groups is 1. The molecule has 0 fully saturated rings. The normalized spacial score (nSPS) is 11.6. The summed E-state index contributed by atoms with van der Waals surface area (Å²) in [5.41, 5.74) is 2.85. The van der Waals surface area contributed by atoms with E-state index in [1.165, 1.54) is 18.5 Å². The lowest BCUT2D eigenvalue weighted by Crippen LogP contribution is -2.36. The summed E-state index contributed by atoms with van der Waals surface area (Å²) in [6.45, 7) is 2.31. The number of nitrogens with zero attached hydrogens (tertiary/aromatic N) is 4. The topological polar surface area (TPSA) is 76.4 Å². The molecule has 11 heteroatoms. The molecule has 172 valence electrons. The van der Waals surface area contributed by atoms with Crippen molar-refractivity contribution in [1.82, 2.24) is 25.4 Å². The van der Waals surface area contributed by atoms with Gasteiger partial charge in [-0.25, -0.2) is 14.7 Å². The molecule has 0 saturated heterocycles. The Hall–Kier alpha value is -2.83. The zero-order valence-electron chi connectivity index (χ0n) is 17.3. The third-order valence-electron chi connectivity index (χ3n) is 4.17. The Morgan fingerprint density at radius 3 is 2.31 bits per heavy atom. The van der Waals surface area contributed by atoms with Gasteiger partial charge in [0.2, 0.25) is 0 Å². The molecule has 1 heterocycles. The molecule has 0 aliphatic carbocycles. The monoisotopic (exact) mass is 560 g/mol. The third-order valence-corrected chi connectivity index (χ3v) is 4.17. The van der Waals surface area contributed by atoms with Crippen molar-refractivity contribution < 1.29 is 17.9 Å². The van der Waals surface area contributed by atoms with E-state index in [0.717, 1.165) is 16.8 Å². The Labute approximate surface area is 201 Å². The highest BCUT2D eigenvalue weighted by atomic mass is 127. The predicted octanol–water partition coefficient (Wildman–Crippen LogP) is 4.08. The van der Waals surface area contributed by atoms with Gasteiger partial charge in [0, 0.05) is 13.1 Å². The van der Waals surface area contributed by atoms with E-state index in [4.69, 9.17) is 4.74 Å². The fourth-order valence-corrected chi connectivity index (χ4v) is 2.66. The van der Waals surface area contributed by atoms with E-state index in [0.29, 0.717) is 25.6 Å². The van der Waals surface area contributed by atoms with Gasteiger partial charge in [0.15, 0.2) is 12.6 Å². The van der Waals surface area contributed by atoms with Crippen LogP contribution in [0.15, 0.2) is 66.2 Å². The largest absolute Gasteiger partial charge is 0.484 e. The van der Waals surface area contributed by atoms with Crippen LogP contribution in [0.25, 0.3) is 5.69 Å². The molecule has 0 spiro atoms. The second-order valence-corrected chi connectivity index (χ2v) is 6.60. The highest BCUT2D eigenvalue weighted by molar-refractivity contribution is 14.0. The Bertz CT molecular complexity index is 961. The quantitative estimate of drug-likeness (QED) is 0.247. The number of benzene rings is 2. The van der Waals surface area contributed by atoms with Crippen LogP contribution in [0.5, 0.6) is 5.75 Å². The zero-order valence-corrected chi connectivity index (χ0v) is 19.7. The number of alkyl halides is 3. The van der Waals surface area contributed by atoms with Gasteiger partial charge in [0.25, 0.3) is 0 Å². The predicted molar refractivity (Wildman–Crippen MR) is 126 cm³/mol. The summed E-state index contributed by atoms with van der Waals surface area (Å²) in [7, 11) is 0. The molecular formula is C21H24F3IN6O. The second kappa shape index (κ2) is 12.3. The van der Waals surface area contributed by atoms with Crippen molar-refractivity contribution >= 4 is 29.9 Å². The first-order chi connectivity index (χ1) is 14.9. The summed E-state index contributed by atoms with van der Waals surface area (Å²) >= 11 is 0. The summed E-state index contributed by atoms with van der Waals surface area (Å²) < 4.78 is 43.1. The van der Waals surface area contributed by atoms with Crippen LogP contribution < -0.4 is 15.4 Å². The minimum atomic E-state index is -4.36. The maximum Gasteiger partial charge on any atom is 0.422 e. The molecule has 0 amide bonds. The number of ether oxygens (including phenoxy) is 1. The number of aromatic nitrogens is 3. The van der Waals surface area contributed by atoms with Gasteiger partial charge in [-0.2, -0.15) is 18.3 Å². The molecule has 2 N–H and O–H groups in total. The van der Waals surface area contributed by atoms with Gasteiger partial charge in [-0.15, -0.1) is 24.0 Å². The number of hydrogen-bond acceptors (Lipinski definition) is 4. The van der Waals surface area contributed by atoms with E-state index in [-0.39, 0.29) is 29.7 Å². The first-order valence-electron chi connectivity index (χ1n) is 9.67. The average Bonchev–Trinajstić information content (AvgIpc) is 3.30. The average molecular weight is 560 g/mol. The number of hydrogen-bond donors (Lipinski definition) is 2. The van der Waals surface area contributed by atoms with Crippen molar-refractivity contribution in [2.45, 2.75) is 26.2 Å². The maximum atomic E-state index is 12.2. The van der Waals surface area contributed by atoms with Gasteiger partial charge in [-0.1, -0.05) is 24.3 Å². The minimum Gasteiger partial charge on any atom is -0.484 e. The Kier molecular flexibility index (Phi) is 9.75. The van der Waals surface area contributed by atoms with Gasteiger partial charge in [0.05, 0.1) is 12.2 Å². The molecule has 7 nitrogen and oxygen atoms in total. The van der Waals surface area contributed by atoms with Crippen LogP contribution in [-0.4, -0.2) is 40.1 Å². The van der Waals surface area contributed by atoms with Crippen LogP contribution in [0.1, 0.15) is 18.1 Å². The summed E-state index contributed by atoms with van der Waals surface area (Å²) in [5.74, 6) is 0.810. The van der Waals surface area contributed by atoms with Gasteiger partial charge < -0.3 is 15.4 Å². The van der Waals surface area contributed by atoms with Gasteiger partial charge in [-0.05, 0) is 42.3 Å². The molecular weight excluding hydrogens is 536 g/mol. The lowest BCUT2D eigenvalue weighted by atomic mass is 10.2. The van der Waals surface area contributed by atoms with Crippen LogP contribution in [0.4, 0.5) is 13.2 Å². The van der Waals surface area contributed by atoms with Crippen molar-refractivity contribution in [1.29, 1.82) is 0 Å². The molecule has 1 aromatic heterocycles. The van der Waals surface area contributed by atoms with Crippen LogP contribution in [0.3, 0.4) is 0 Å². The van der Waals surface area contributed by atoms with Crippen LogP contribution in [0.2, 0.25) is 0 Å². The Morgan fingerprint density at radius 1 is 1.03 bits per heavy atom. The summed E-state index contributed by atoms with van der Waals surface area (Å²) in [5, 5.41) is 10.5. The molecule has 0 radical (unpaired) electrons. The van der Waals surface area contributed by atoms with E-state index in [2.05, 4.69) is 25.7 Å². The Balaban J connectivity index is 0.00000363. The fraction of sp³-hybridized carbons (Fsp3) is 0.286. The van der Waals surface area contributed by atoms with Gasteiger partial charge in [0.1, 0.15) is 18.4 Å². The second-order valence-electron chi connectivity index (χ2n) is 6.60. The highest BCUT2D eigenvalue weighted by Gasteiger charge is 2.28. The molecule has 0 saturated carbocycles. The maximum absolute atomic E-state index is 12.2. The highest BCUT2D eigenvalue weighted by Crippen LogP contribution is 2.19. The molecule has 0 bridgehead atoms. The van der Waals surface area contributed by atoms with Gasteiger partial charge in [-0.3, -0.25) is 0 Å². The van der Waals surface area contributed by atoms with E-state index < -0.39 is 12.8 Å². The van der Waals surface area contributed by atoms with Crippen molar-refractivity contribution in [2.24, 2.45) is 4.99 Å². The molecule has 32 heavy (non-hydrogen) atoms. The number of guanidine groups is 1. The molecule has 3 rings (SSSR count). The SMILES string of the molecule is CCNC(=NCc1ccc(OCC(F)(F)F)cc1)NCc1ccc(-n2cncn2)cc1.I. The van der Waals surface area contributed by atoms with E-state index in [1.54, 1.807) is 23.1 Å². The van der Waals surface area contributed by atoms with Crippen LogP contribution in [-0.2, 0) is 13.1 Å². The molecule has 0 aliphatic rings. The smallest absolute Gasteiger partial charge is 0.422 e. The first-order valence-corrected chi connectivity index (χ1v) is 9.67. The van der Waals surface area contributed by atoms with Crippen molar-refractivity contribution in [3.8, 4) is 11.4 Å². The van der Waals surface area contributed by atoms with E-state index in [9.17, 15) is 13.2 Å². The number of nitrogens with one attached hydrogen (secondary N) is 2. The standard InChI is InChI=1S/C21H23F3N6O.HI/c1-2-26-20(27-11-16-3-7-18(8-4-16)30-15-25-14-29-30)28-12-17-5-9-19(10-6-17)31-13-21(22,23)24;/h3-10,14-15H,2,11-13H2,1H3,(H2,26,27,28);1H.